The maximum absolute atomic E-state index is 13.7. The number of esters is 1. The Bertz CT molecular complexity index is 2000. The lowest BCUT2D eigenvalue weighted by Gasteiger charge is -2.29. The van der Waals surface area contributed by atoms with Crippen LogP contribution in [-0.4, -0.2) is 35.9 Å². The fraction of sp³-hybridized carbons (Fsp3) is 0.381. The van der Waals surface area contributed by atoms with Gasteiger partial charge < -0.3 is 18.9 Å². The van der Waals surface area contributed by atoms with Crippen LogP contribution >= 0.6 is 11.3 Å². The van der Waals surface area contributed by atoms with Crippen LogP contribution in [-0.2, 0) is 14.3 Å². The van der Waals surface area contributed by atoms with E-state index in [4.69, 9.17) is 23.9 Å². The fourth-order valence-electron chi connectivity index (χ4n) is 6.52. The van der Waals surface area contributed by atoms with Crippen molar-refractivity contribution in [1.82, 2.24) is 4.98 Å². The van der Waals surface area contributed by atoms with Crippen molar-refractivity contribution in [2.75, 3.05) is 13.2 Å². The van der Waals surface area contributed by atoms with Crippen molar-refractivity contribution in [2.45, 2.75) is 92.5 Å². The lowest BCUT2D eigenvalue weighted by molar-refractivity contribution is -0.166. The van der Waals surface area contributed by atoms with Crippen molar-refractivity contribution in [3.63, 3.8) is 0 Å². The maximum atomic E-state index is 13.7. The van der Waals surface area contributed by atoms with Crippen LogP contribution in [0.3, 0.4) is 0 Å². The van der Waals surface area contributed by atoms with Gasteiger partial charge >= 0.3 is 5.97 Å². The van der Waals surface area contributed by atoms with Crippen LogP contribution in [0.2, 0.25) is 0 Å². The standard InChI is InChI=1S/C42H47NO5S/c1-10-45-41(44)38(48-42(7,8)9)36-27(6)21-33-39(37(36)29-15-17-34-31(23-29)26(5)18-19-46-34)49-40(43-33)30-13-11-12-28(22-30)32-20-25(4)14-16-35(32)47-24(2)3/h11-17,20-24,26,38H,10,18-19H2,1-9H3/t26?,38-/m0/s1. The maximum Gasteiger partial charge on any atom is 0.339 e. The normalized spacial score (nSPS) is 15.2. The molecule has 0 saturated heterocycles. The molecule has 0 bridgehead atoms. The average Bonchev–Trinajstić information content (AvgIpc) is 3.47. The minimum atomic E-state index is -0.918. The zero-order chi connectivity index (χ0) is 35.0. The minimum Gasteiger partial charge on any atom is -0.493 e. The van der Waals surface area contributed by atoms with Crippen LogP contribution in [0.25, 0.3) is 43.0 Å². The molecule has 7 heteroatoms. The molecule has 5 aromatic rings. The molecule has 2 atom stereocenters. The number of nitrogens with zero attached hydrogens (tertiary/aromatic N) is 1. The van der Waals surface area contributed by atoms with Crippen molar-refractivity contribution in [2.24, 2.45) is 0 Å². The summed E-state index contributed by atoms with van der Waals surface area (Å²) in [5, 5.41) is 0.896. The van der Waals surface area contributed by atoms with E-state index in [0.29, 0.717) is 12.5 Å². The third kappa shape index (κ3) is 7.38. The van der Waals surface area contributed by atoms with Crippen LogP contribution in [0, 0.1) is 13.8 Å². The molecule has 0 N–H and O–H groups in total. The number of fused-ring (bicyclic) bond motifs is 2. The molecule has 256 valence electrons. The van der Waals surface area contributed by atoms with Crippen molar-refractivity contribution >= 4 is 27.5 Å². The molecule has 6 nitrogen and oxygen atoms in total. The molecule has 1 aliphatic rings. The van der Waals surface area contributed by atoms with Crippen LogP contribution in [0.4, 0.5) is 0 Å². The Morgan fingerprint density at radius 1 is 1.00 bits per heavy atom. The number of carbonyl (C=O) groups excluding carboxylic acids is 1. The summed E-state index contributed by atoms with van der Waals surface area (Å²) in [6.07, 6.45) is 0.0963. The van der Waals surface area contributed by atoms with Crippen molar-refractivity contribution in [3.05, 3.63) is 89.0 Å². The van der Waals surface area contributed by atoms with E-state index in [1.807, 2.05) is 48.5 Å². The van der Waals surface area contributed by atoms with E-state index in [1.54, 1.807) is 11.3 Å². The Kier molecular flexibility index (Phi) is 9.88. The van der Waals surface area contributed by atoms with Gasteiger partial charge in [0.1, 0.15) is 16.5 Å². The number of thiazole rings is 1. The van der Waals surface area contributed by atoms with Crippen molar-refractivity contribution < 1.29 is 23.7 Å². The summed E-state index contributed by atoms with van der Waals surface area (Å²) in [7, 11) is 0. The third-order valence-electron chi connectivity index (χ3n) is 8.72. The predicted molar refractivity (Wildman–Crippen MR) is 200 cm³/mol. The molecule has 6 rings (SSSR count). The molecule has 4 aromatic carbocycles. The Balaban J connectivity index is 1.57. The number of hydrogen-bond donors (Lipinski definition) is 0. The second-order valence-corrected chi connectivity index (χ2v) is 15.2. The van der Waals surface area contributed by atoms with Crippen LogP contribution < -0.4 is 9.47 Å². The highest BCUT2D eigenvalue weighted by atomic mass is 32.1. The largest absolute Gasteiger partial charge is 0.493 e. The Morgan fingerprint density at radius 3 is 2.51 bits per heavy atom. The monoisotopic (exact) mass is 677 g/mol. The number of ether oxygens (including phenoxy) is 4. The number of rotatable bonds is 9. The minimum absolute atomic E-state index is 0.0589. The second kappa shape index (κ2) is 14.0. The first kappa shape index (κ1) is 34.7. The molecular weight excluding hydrogens is 631 g/mol. The van der Waals surface area contributed by atoms with Gasteiger partial charge in [-0.1, -0.05) is 42.8 Å². The summed E-state index contributed by atoms with van der Waals surface area (Å²) in [6.45, 7) is 19.2. The number of carbonyl (C=O) groups is 1. The van der Waals surface area contributed by atoms with Gasteiger partial charge in [-0.3, -0.25) is 0 Å². The molecular formula is C42H47NO5S. The van der Waals surface area contributed by atoms with Crippen LogP contribution in [0.1, 0.15) is 89.2 Å². The van der Waals surface area contributed by atoms with E-state index in [1.165, 1.54) is 11.1 Å². The number of aryl methyl sites for hydroxylation is 2. The predicted octanol–water partition coefficient (Wildman–Crippen LogP) is 11.0. The Hall–Kier alpha value is -4.20. The van der Waals surface area contributed by atoms with Gasteiger partial charge in [-0.2, -0.15) is 0 Å². The van der Waals surface area contributed by atoms with E-state index in [-0.39, 0.29) is 12.7 Å². The van der Waals surface area contributed by atoms with E-state index >= 15 is 0 Å². The van der Waals surface area contributed by atoms with Crippen molar-refractivity contribution in [3.8, 4) is 44.3 Å². The molecule has 0 radical (unpaired) electrons. The highest BCUT2D eigenvalue weighted by Crippen LogP contribution is 2.47. The van der Waals surface area contributed by atoms with Gasteiger partial charge in [-0.25, -0.2) is 9.78 Å². The zero-order valence-electron chi connectivity index (χ0n) is 30.1. The van der Waals surface area contributed by atoms with Crippen molar-refractivity contribution in [1.29, 1.82) is 0 Å². The van der Waals surface area contributed by atoms with Gasteiger partial charge in [0.15, 0.2) is 6.10 Å². The third-order valence-corrected chi connectivity index (χ3v) is 9.86. The van der Waals surface area contributed by atoms with Crippen LogP contribution in [0.5, 0.6) is 11.5 Å². The first-order valence-corrected chi connectivity index (χ1v) is 18.1. The summed E-state index contributed by atoms with van der Waals surface area (Å²) >= 11 is 1.63. The van der Waals surface area contributed by atoms with Gasteiger partial charge in [0.05, 0.1) is 35.1 Å². The first-order chi connectivity index (χ1) is 23.3. The van der Waals surface area contributed by atoms with Gasteiger partial charge in [0.25, 0.3) is 0 Å². The molecule has 0 fully saturated rings. The van der Waals surface area contributed by atoms with Gasteiger partial charge in [-0.05, 0) is 126 Å². The molecule has 0 spiro atoms. The molecule has 1 aliphatic heterocycles. The van der Waals surface area contributed by atoms with E-state index in [0.717, 1.165) is 72.1 Å². The summed E-state index contributed by atoms with van der Waals surface area (Å²) in [5.41, 5.74) is 9.44. The molecule has 0 aliphatic carbocycles. The van der Waals surface area contributed by atoms with E-state index < -0.39 is 17.7 Å². The molecule has 0 amide bonds. The molecule has 49 heavy (non-hydrogen) atoms. The number of aromatic nitrogens is 1. The van der Waals surface area contributed by atoms with Gasteiger partial charge in [0.2, 0.25) is 0 Å². The molecule has 1 aromatic heterocycles. The SMILES string of the molecule is CCOC(=O)[C@@H](OC(C)(C)C)c1c(C)cc2nc(-c3cccc(-c4cc(C)ccc4OC(C)C)c3)sc2c1-c1ccc2c(c1)C(C)CCO2. The smallest absolute Gasteiger partial charge is 0.339 e. The highest BCUT2D eigenvalue weighted by Gasteiger charge is 2.34. The molecule has 1 unspecified atom stereocenters. The van der Waals surface area contributed by atoms with E-state index in [2.05, 4.69) is 80.6 Å². The number of hydrogen-bond acceptors (Lipinski definition) is 7. The first-order valence-electron chi connectivity index (χ1n) is 17.3. The van der Waals surface area contributed by atoms with Gasteiger partial charge in [-0.15, -0.1) is 11.3 Å². The molecule has 0 saturated carbocycles. The molecule has 2 heterocycles. The lowest BCUT2D eigenvalue weighted by atomic mass is 9.87. The van der Waals surface area contributed by atoms with Gasteiger partial charge in [0, 0.05) is 22.3 Å². The summed E-state index contributed by atoms with van der Waals surface area (Å²) in [5.74, 6) is 1.73. The van der Waals surface area contributed by atoms with E-state index in [9.17, 15) is 4.79 Å². The Morgan fingerprint density at radius 2 is 1.78 bits per heavy atom. The fourth-order valence-corrected chi connectivity index (χ4v) is 7.64. The quantitative estimate of drug-likeness (QED) is 0.145. The summed E-state index contributed by atoms with van der Waals surface area (Å²) < 4.78 is 25.4. The second-order valence-electron chi connectivity index (χ2n) is 14.2. The average molecular weight is 678 g/mol. The Labute approximate surface area is 294 Å². The highest BCUT2D eigenvalue weighted by molar-refractivity contribution is 7.22. The summed E-state index contributed by atoms with van der Waals surface area (Å²) in [6, 6.07) is 23.3. The van der Waals surface area contributed by atoms with Crippen LogP contribution in [0.15, 0.2) is 66.7 Å². The summed E-state index contributed by atoms with van der Waals surface area (Å²) in [4.78, 5) is 18.9. The zero-order valence-corrected chi connectivity index (χ0v) is 30.9. The number of benzene rings is 4. The lowest BCUT2D eigenvalue weighted by Crippen LogP contribution is -2.29. The topological polar surface area (TPSA) is 66.9 Å².